The van der Waals surface area contributed by atoms with E-state index >= 15 is 0 Å². The maximum Gasteiger partial charge on any atom is 0.107 e. The van der Waals surface area contributed by atoms with Crippen molar-refractivity contribution in [2.24, 2.45) is 0 Å². The fourth-order valence-electron chi connectivity index (χ4n) is 0.878. The van der Waals surface area contributed by atoms with Gasteiger partial charge in [-0.3, -0.25) is 0 Å². The Kier molecular flexibility index (Phi) is 11.8. The summed E-state index contributed by atoms with van der Waals surface area (Å²) in [6.45, 7) is 8.00. The van der Waals surface area contributed by atoms with Crippen LogP contribution in [0.15, 0.2) is 58.8 Å². The Hall–Kier alpha value is -1.00. The summed E-state index contributed by atoms with van der Waals surface area (Å²) >= 11 is 0. The van der Waals surface area contributed by atoms with E-state index in [1.165, 1.54) is 0 Å². The van der Waals surface area contributed by atoms with E-state index in [1.807, 2.05) is 64.1 Å². The molecule has 0 N–H and O–H groups in total. The number of hydrogen-bond acceptors (Lipinski definition) is 4. The molecule has 0 saturated heterocycles. The second-order valence-electron chi connectivity index (χ2n) is 2.50. The molecule has 0 unspecified atom stereocenters. The standard InChI is InChI=1S/C10H8N2S2.2C2H6/c1-3-7-11-9(5-1)13-14-10-6-2-4-8-12-10;2*1-2/h1-8H;2*1-2H3. The van der Waals surface area contributed by atoms with Crippen LogP contribution in [0.25, 0.3) is 0 Å². The van der Waals surface area contributed by atoms with E-state index < -0.39 is 0 Å². The summed E-state index contributed by atoms with van der Waals surface area (Å²) in [5, 5.41) is 2.01. The molecule has 2 rings (SSSR count). The molecule has 0 fully saturated rings. The van der Waals surface area contributed by atoms with E-state index in [2.05, 4.69) is 9.97 Å². The number of aromatic nitrogens is 2. The van der Waals surface area contributed by atoms with Gasteiger partial charge in [0.05, 0.1) is 0 Å². The predicted molar refractivity (Wildman–Crippen MR) is 82.9 cm³/mol. The first kappa shape index (κ1) is 17.0. The van der Waals surface area contributed by atoms with Gasteiger partial charge in [-0.1, -0.05) is 39.8 Å². The van der Waals surface area contributed by atoms with Gasteiger partial charge >= 0.3 is 0 Å². The summed E-state index contributed by atoms with van der Waals surface area (Å²) in [5.41, 5.74) is 0. The van der Waals surface area contributed by atoms with E-state index in [1.54, 1.807) is 34.0 Å². The Balaban J connectivity index is 0.000000659. The minimum atomic E-state index is 1.00. The van der Waals surface area contributed by atoms with Gasteiger partial charge in [0.15, 0.2) is 0 Å². The van der Waals surface area contributed by atoms with Gasteiger partial charge in [0, 0.05) is 12.4 Å². The Labute approximate surface area is 118 Å². The van der Waals surface area contributed by atoms with Gasteiger partial charge in [-0.05, 0) is 45.9 Å². The van der Waals surface area contributed by atoms with Crippen molar-refractivity contribution < 1.29 is 0 Å². The highest BCUT2D eigenvalue weighted by molar-refractivity contribution is 8.76. The number of hydrogen-bond donors (Lipinski definition) is 0. The zero-order chi connectivity index (χ0) is 13.6. The minimum Gasteiger partial charge on any atom is -0.249 e. The van der Waals surface area contributed by atoms with Gasteiger partial charge in [0.1, 0.15) is 10.1 Å². The normalized spacial score (nSPS) is 8.44. The largest absolute Gasteiger partial charge is 0.249 e. The van der Waals surface area contributed by atoms with Gasteiger partial charge in [-0.15, -0.1) is 0 Å². The fourth-order valence-corrected chi connectivity index (χ4v) is 2.63. The highest BCUT2D eigenvalue weighted by Crippen LogP contribution is 2.34. The smallest absolute Gasteiger partial charge is 0.107 e. The lowest BCUT2D eigenvalue weighted by molar-refractivity contribution is 1.13. The number of pyridine rings is 2. The van der Waals surface area contributed by atoms with Crippen LogP contribution < -0.4 is 0 Å². The Morgan fingerprint density at radius 1 is 0.667 bits per heavy atom. The first-order valence-corrected chi connectivity index (χ1v) is 8.27. The molecular weight excluding hydrogens is 260 g/mol. The number of rotatable bonds is 3. The van der Waals surface area contributed by atoms with Crippen molar-refractivity contribution in [3.05, 3.63) is 48.8 Å². The Bertz CT molecular complexity index is 340. The second kappa shape index (κ2) is 12.5. The molecule has 18 heavy (non-hydrogen) atoms. The fraction of sp³-hybridized carbons (Fsp3) is 0.286. The molecular formula is C14H20N2S2. The topological polar surface area (TPSA) is 25.8 Å². The Morgan fingerprint density at radius 3 is 1.33 bits per heavy atom. The molecule has 0 aromatic carbocycles. The maximum atomic E-state index is 4.21. The first-order valence-electron chi connectivity index (χ1n) is 6.12. The molecule has 0 saturated carbocycles. The van der Waals surface area contributed by atoms with E-state index in [0.29, 0.717) is 0 Å². The van der Waals surface area contributed by atoms with E-state index in [0.717, 1.165) is 10.1 Å². The summed E-state index contributed by atoms with van der Waals surface area (Å²) in [5.74, 6) is 0. The highest BCUT2D eigenvalue weighted by atomic mass is 33.1. The van der Waals surface area contributed by atoms with Gasteiger partial charge in [-0.25, -0.2) is 9.97 Å². The second-order valence-corrected chi connectivity index (χ2v) is 4.67. The van der Waals surface area contributed by atoms with Crippen molar-refractivity contribution in [1.82, 2.24) is 9.97 Å². The summed E-state index contributed by atoms with van der Waals surface area (Å²) in [6.07, 6.45) is 3.59. The molecule has 2 aromatic heterocycles. The lowest BCUT2D eigenvalue weighted by atomic mass is 10.5. The molecule has 0 aliphatic heterocycles. The van der Waals surface area contributed by atoms with Crippen LogP contribution in [0.1, 0.15) is 27.7 Å². The molecule has 0 spiro atoms. The molecule has 98 valence electrons. The molecule has 2 nitrogen and oxygen atoms in total. The molecule has 0 radical (unpaired) electrons. The van der Waals surface area contributed by atoms with E-state index in [9.17, 15) is 0 Å². The quantitative estimate of drug-likeness (QED) is 0.710. The van der Waals surface area contributed by atoms with Crippen LogP contribution in [-0.4, -0.2) is 9.97 Å². The van der Waals surface area contributed by atoms with Gasteiger partial charge in [0.25, 0.3) is 0 Å². The molecule has 0 amide bonds. The van der Waals surface area contributed by atoms with Crippen LogP contribution in [-0.2, 0) is 0 Å². The maximum absolute atomic E-state index is 4.21. The third-order valence-electron chi connectivity index (χ3n) is 1.49. The van der Waals surface area contributed by atoms with Gasteiger partial charge in [-0.2, -0.15) is 0 Å². The molecule has 2 heterocycles. The van der Waals surface area contributed by atoms with Crippen LogP contribution in [0.5, 0.6) is 0 Å². The molecule has 0 aliphatic rings. The van der Waals surface area contributed by atoms with Crippen LogP contribution in [0.4, 0.5) is 0 Å². The SMILES string of the molecule is CC.CC.c1ccc(SSc2ccccn2)nc1. The van der Waals surface area contributed by atoms with Crippen LogP contribution in [0.3, 0.4) is 0 Å². The monoisotopic (exact) mass is 280 g/mol. The highest BCUT2D eigenvalue weighted by Gasteiger charge is 1.97. The summed E-state index contributed by atoms with van der Waals surface area (Å²) in [7, 11) is 3.23. The average Bonchev–Trinajstić information content (AvgIpc) is 2.51. The van der Waals surface area contributed by atoms with Crippen molar-refractivity contribution in [1.29, 1.82) is 0 Å². The van der Waals surface area contributed by atoms with Crippen LogP contribution >= 0.6 is 21.6 Å². The van der Waals surface area contributed by atoms with E-state index in [-0.39, 0.29) is 0 Å². The lowest BCUT2D eigenvalue weighted by Gasteiger charge is -1.97. The van der Waals surface area contributed by atoms with Crippen molar-refractivity contribution in [3.63, 3.8) is 0 Å². The van der Waals surface area contributed by atoms with Gasteiger partial charge < -0.3 is 0 Å². The number of nitrogens with zero attached hydrogens (tertiary/aromatic N) is 2. The molecule has 0 atom stereocenters. The van der Waals surface area contributed by atoms with E-state index in [4.69, 9.17) is 0 Å². The summed E-state index contributed by atoms with van der Waals surface area (Å²) in [4.78, 5) is 8.42. The average molecular weight is 280 g/mol. The summed E-state index contributed by atoms with van der Waals surface area (Å²) < 4.78 is 0. The van der Waals surface area contributed by atoms with Crippen molar-refractivity contribution in [2.45, 2.75) is 37.7 Å². The zero-order valence-electron chi connectivity index (χ0n) is 11.3. The molecule has 2 aromatic rings. The molecule has 0 aliphatic carbocycles. The summed E-state index contributed by atoms with van der Waals surface area (Å²) in [6, 6.07) is 11.8. The Morgan fingerprint density at radius 2 is 1.06 bits per heavy atom. The van der Waals surface area contributed by atoms with Crippen molar-refractivity contribution in [3.8, 4) is 0 Å². The third-order valence-corrected chi connectivity index (χ3v) is 3.67. The molecule has 0 bridgehead atoms. The van der Waals surface area contributed by atoms with Gasteiger partial charge in [0.2, 0.25) is 0 Å². The third kappa shape index (κ3) is 7.35. The molecule has 4 heteroatoms. The van der Waals surface area contributed by atoms with Crippen molar-refractivity contribution in [2.75, 3.05) is 0 Å². The lowest BCUT2D eigenvalue weighted by Crippen LogP contribution is -1.75. The van der Waals surface area contributed by atoms with Crippen molar-refractivity contribution >= 4 is 21.6 Å². The zero-order valence-corrected chi connectivity index (χ0v) is 13.0. The first-order chi connectivity index (χ1) is 8.95. The van der Waals surface area contributed by atoms with Crippen LogP contribution in [0, 0.1) is 0 Å². The minimum absolute atomic E-state index is 1.00. The van der Waals surface area contributed by atoms with Crippen LogP contribution in [0.2, 0.25) is 0 Å². The predicted octanol–water partition coefficient (Wildman–Crippen LogP) is 5.33.